The predicted molar refractivity (Wildman–Crippen MR) is 69.3 cm³/mol. The molecule has 1 unspecified atom stereocenters. The van der Waals surface area contributed by atoms with E-state index in [9.17, 15) is 4.39 Å². The van der Waals surface area contributed by atoms with Gasteiger partial charge in [0.1, 0.15) is 5.82 Å². The normalized spacial score (nSPS) is 12.8. The third-order valence-corrected chi connectivity index (χ3v) is 3.98. The third-order valence-electron chi connectivity index (χ3n) is 2.60. The van der Waals surface area contributed by atoms with Crippen molar-refractivity contribution in [2.45, 2.75) is 31.7 Å². The number of hydrogen-bond donors (Lipinski definition) is 1. The summed E-state index contributed by atoms with van der Waals surface area (Å²) in [7, 11) is 1.86. The van der Waals surface area contributed by atoms with Gasteiger partial charge in [0.25, 0.3) is 0 Å². The summed E-state index contributed by atoms with van der Waals surface area (Å²) in [5.74, 6) is 1.53. The number of benzene rings is 1. The summed E-state index contributed by atoms with van der Waals surface area (Å²) < 4.78 is 13.7. The quantitative estimate of drug-likeness (QED) is 0.762. The molecule has 1 atom stereocenters. The maximum absolute atomic E-state index is 13.7. The van der Waals surface area contributed by atoms with Gasteiger partial charge in [-0.05, 0) is 30.7 Å². The Labute approximate surface area is 102 Å². The van der Waals surface area contributed by atoms with Crippen LogP contribution < -0.4 is 5.32 Å². The van der Waals surface area contributed by atoms with Crippen molar-refractivity contribution in [3.8, 4) is 0 Å². The van der Waals surface area contributed by atoms with Crippen molar-refractivity contribution < 1.29 is 4.39 Å². The fourth-order valence-corrected chi connectivity index (χ4v) is 2.39. The Morgan fingerprint density at radius 1 is 1.44 bits per heavy atom. The lowest BCUT2D eigenvalue weighted by Gasteiger charge is -2.09. The van der Waals surface area contributed by atoms with Gasteiger partial charge in [-0.25, -0.2) is 4.39 Å². The zero-order chi connectivity index (χ0) is 12.0. The minimum absolute atomic E-state index is 0.0962. The first kappa shape index (κ1) is 13.5. The molecule has 0 aliphatic rings. The number of halogens is 1. The lowest BCUT2D eigenvalue weighted by molar-refractivity contribution is 0.596. The molecule has 0 aromatic heterocycles. The first-order valence-corrected chi connectivity index (χ1v) is 6.71. The molecule has 0 aliphatic carbocycles. The molecule has 0 fully saturated rings. The summed E-state index contributed by atoms with van der Waals surface area (Å²) in [6.45, 7) is 5.07. The molecule has 3 heteroatoms. The maximum Gasteiger partial charge on any atom is 0.137 e. The van der Waals surface area contributed by atoms with Gasteiger partial charge < -0.3 is 5.32 Å². The van der Waals surface area contributed by atoms with Crippen LogP contribution in [0, 0.1) is 11.7 Å². The van der Waals surface area contributed by atoms with Crippen molar-refractivity contribution in [1.82, 2.24) is 5.32 Å². The second-order valence-electron chi connectivity index (χ2n) is 4.12. The topological polar surface area (TPSA) is 12.0 Å². The van der Waals surface area contributed by atoms with Crippen LogP contribution in [-0.2, 0) is 6.54 Å². The molecule has 0 aliphatic heterocycles. The molecule has 1 N–H and O–H groups in total. The Hall–Kier alpha value is -0.540. The molecule has 0 bridgehead atoms. The van der Waals surface area contributed by atoms with Gasteiger partial charge in [-0.3, -0.25) is 0 Å². The molecule has 1 aromatic carbocycles. The lowest BCUT2D eigenvalue weighted by Crippen LogP contribution is -2.05. The second-order valence-corrected chi connectivity index (χ2v) is 5.18. The molecule has 0 radical (unpaired) electrons. The highest BCUT2D eigenvalue weighted by Crippen LogP contribution is 2.25. The first-order valence-electron chi connectivity index (χ1n) is 5.73. The number of rotatable bonds is 6. The number of thioether (sulfide) groups is 1. The van der Waals surface area contributed by atoms with E-state index >= 15 is 0 Å². The molecule has 0 heterocycles. The number of nitrogens with one attached hydrogen (secondary N) is 1. The summed E-state index contributed by atoms with van der Waals surface area (Å²) in [6.07, 6.45) is 1.15. The average Bonchev–Trinajstić information content (AvgIpc) is 2.28. The zero-order valence-corrected chi connectivity index (χ0v) is 11.0. The standard InChI is InChI=1S/C13H20FNS/c1-4-10(2)9-16-13-6-5-11(8-15-3)7-12(13)14/h5-7,10,15H,4,8-9H2,1-3H3. The van der Waals surface area contributed by atoms with Gasteiger partial charge in [0.2, 0.25) is 0 Å². The molecule has 0 saturated carbocycles. The highest BCUT2D eigenvalue weighted by Gasteiger charge is 2.06. The van der Waals surface area contributed by atoms with E-state index in [0.717, 1.165) is 22.6 Å². The molecule has 16 heavy (non-hydrogen) atoms. The summed E-state index contributed by atoms with van der Waals surface area (Å²) >= 11 is 1.61. The van der Waals surface area contributed by atoms with E-state index in [2.05, 4.69) is 19.2 Å². The Morgan fingerprint density at radius 2 is 2.19 bits per heavy atom. The van der Waals surface area contributed by atoms with E-state index in [1.807, 2.05) is 19.2 Å². The van der Waals surface area contributed by atoms with E-state index in [0.29, 0.717) is 12.5 Å². The van der Waals surface area contributed by atoms with Crippen molar-refractivity contribution in [1.29, 1.82) is 0 Å². The van der Waals surface area contributed by atoms with Crippen LogP contribution >= 0.6 is 11.8 Å². The zero-order valence-electron chi connectivity index (χ0n) is 10.2. The van der Waals surface area contributed by atoms with Crippen molar-refractivity contribution in [2.75, 3.05) is 12.8 Å². The number of hydrogen-bond acceptors (Lipinski definition) is 2. The van der Waals surface area contributed by atoms with Gasteiger partial charge in [-0.1, -0.05) is 26.3 Å². The van der Waals surface area contributed by atoms with Gasteiger partial charge in [0.15, 0.2) is 0 Å². The van der Waals surface area contributed by atoms with E-state index < -0.39 is 0 Å². The Bertz CT molecular complexity index is 328. The smallest absolute Gasteiger partial charge is 0.137 e. The first-order chi connectivity index (χ1) is 7.67. The molecule has 0 amide bonds. The van der Waals surface area contributed by atoms with Crippen LogP contribution in [0.4, 0.5) is 4.39 Å². The molecule has 1 nitrogen and oxygen atoms in total. The van der Waals surface area contributed by atoms with E-state index in [-0.39, 0.29) is 5.82 Å². The summed E-state index contributed by atoms with van der Waals surface area (Å²) in [5, 5.41) is 3.02. The fraction of sp³-hybridized carbons (Fsp3) is 0.538. The lowest BCUT2D eigenvalue weighted by atomic mass is 10.2. The van der Waals surface area contributed by atoms with Crippen LogP contribution in [-0.4, -0.2) is 12.8 Å². The molecular formula is C13H20FNS. The summed E-state index contributed by atoms with van der Waals surface area (Å²) in [4.78, 5) is 0.764. The highest BCUT2D eigenvalue weighted by molar-refractivity contribution is 7.99. The SMILES string of the molecule is CCC(C)CSc1ccc(CNC)cc1F. The van der Waals surface area contributed by atoms with Crippen LogP contribution in [0.2, 0.25) is 0 Å². The molecule has 1 rings (SSSR count). The second kappa shape index (κ2) is 6.92. The largest absolute Gasteiger partial charge is 0.316 e. The van der Waals surface area contributed by atoms with E-state index in [1.54, 1.807) is 17.8 Å². The molecule has 90 valence electrons. The highest BCUT2D eigenvalue weighted by atomic mass is 32.2. The minimum atomic E-state index is -0.0962. The van der Waals surface area contributed by atoms with Crippen molar-refractivity contribution >= 4 is 11.8 Å². The van der Waals surface area contributed by atoms with E-state index in [1.165, 1.54) is 0 Å². The van der Waals surface area contributed by atoms with E-state index in [4.69, 9.17) is 0 Å². The fourth-order valence-electron chi connectivity index (χ4n) is 1.33. The van der Waals surface area contributed by atoms with Gasteiger partial charge in [-0.2, -0.15) is 0 Å². The summed E-state index contributed by atoms with van der Waals surface area (Å²) in [5.41, 5.74) is 0.993. The predicted octanol–water partition coefficient (Wildman–Crippen LogP) is 3.68. The summed E-state index contributed by atoms with van der Waals surface area (Å²) in [6, 6.07) is 5.49. The van der Waals surface area contributed by atoms with Crippen LogP contribution in [0.5, 0.6) is 0 Å². The van der Waals surface area contributed by atoms with Gasteiger partial charge in [0.05, 0.1) is 0 Å². The van der Waals surface area contributed by atoms with Crippen molar-refractivity contribution in [3.63, 3.8) is 0 Å². The average molecular weight is 241 g/mol. The molecule has 0 spiro atoms. The maximum atomic E-state index is 13.7. The Morgan fingerprint density at radius 3 is 2.75 bits per heavy atom. The van der Waals surface area contributed by atoms with Crippen molar-refractivity contribution in [3.05, 3.63) is 29.6 Å². The van der Waals surface area contributed by atoms with Gasteiger partial charge in [-0.15, -0.1) is 11.8 Å². The van der Waals surface area contributed by atoms with Crippen molar-refractivity contribution in [2.24, 2.45) is 5.92 Å². The van der Waals surface area contributed by atoms with Crippen LogP contribution in [0.15, 0.2) is 23.1 Å². The van der Waals surface area contributed by atoms with Gasteiger partial charge in [0, 0.05) is 17.2 Å². The van der Waals surface area contributed by atoms with Crippen LogP contribution in [0.1, 0.15) is 25.8 Å². The monoisotopic (exact) mass is 241 g/mol. The van der Waals surface area contributed by atoms with Crippen LogP contribution in [0.3, 0.4) is 0 Å². The minimum Gasteiger partial charge on any atom is -0.316 e. The third kappa shape index (κ3) is 4.14. The Kier molecular flexibility index (Phi) is 5.85. The molecule has 1 aromatic rings. The molecular weight excluding hydrogens is 221 g/mol. The van der Waals surface area contributed by atoms with Crippen LogP contribution in [0.25, 0.3) is 0 Å². The molecule has 0 saturated heterocycles. The van der Waals surface area contributed by atoms with Gasteiger partial charge >= 0.3 is 0 Å². The Balaban J connectivity index is 2.60.